The number of aliphatic hydroxyl groups excluding tert-OH is 1. The van der Waals surface area contributed by atoms with Crippen LogP contribution in [-0.2, 0) is 0 Å². The molecule has 1 unspecified atom stereocenters. The van der Waals surface area contributed by atoms with Gasteiger partial charge in [0, 0.05) is 30.5 Å². The van der Waals surface area contributed by atoms with Crippen molar-refractivity contribution in [1.29, 1.82) is 0 Å². The van der Waals surface area contributed by atoms with E-state index < -0.39 is 5.76 Å². The van der Waals surface area contributed by atoms with E-state index in [1.54, 1.807) is 23.1 Å². The minimum atomic E-state index is -2.54. The summed E-state index contributed by atoms with van der Waals surface area (Å²) in [6.45, 7) is 1.11. The number of carbonyl (C=O) groups is 1. The number of rotatable bonds is 4. The summed E-state index contributed by atoms with van der Waals surface area (Å²) in [5.41, 5.74) is 0.311. The number of hydrogen-bond donors (Lipinski definition) is 1. The highest BCUT2D eigenvalue weighted by Gasteiger charge is 2.28. The fraction of sp³-hybridized carbons (Fsp3) is 0.462. The lowest BCUT2D eigenvalue weighted by Crippen LogP contribution is -2.29. The molecule has 2 rings (SSSR count). The maximum absolute atomic E-state index is 12.5. The lowest BCUT2D eigenvalue weighted by molar-refractivity contribution is 0.0778. The Hall–Kier alpha value is -1.14. The molecule has 1 aliphatic heterocycles. The molecule has 19 heavy (non-hydrogen) atoms. The Balaban J connectivity index is 2.15. The van der Waals surface area contributed by atoms with E-state index in [4.69, 9.17) is 5.11 Å². The number of nitrogens with zero attached hydrogens (tertiary/aromatic N) is 1. The molecule has 1 atom stereocenters. The smallest absolute Gasteiger partial charge is 0.288 e. The SMILES string of the molecule is O=C(c1ccccc1SC(F)F)N1CCC(CO)C1. The molecule has 1 N–H and O–H groups in total. The van der Waals surface area contributed by atoms with E-state index in [9.17, 15) is 13.6 Å². The van der Waals surface area contributed by atoms with Crippen LogP contribution in [-0.4, -0.2) is 41.4 Å². The summed E-state index contributed by atoms with van der Waals surface area (Å²) >= 11 is 0.389. The van der Waals surface area contributed by atoms with Crippen molar-refractivity contribution in [2.45, 2.75) is 17.1 Å². The molecule has 0 radical (unpaired) electrons. The Bertz CT molecular complexity index is 456. The second-order valence-corrected chi connectivity index (χ2v) is 5.49. The molecule has 1 aliphatic rings. The van der Waals surface area contributed by atoms with Crippen LogP contribution in [0, 0.1) is 5.92 Å². The van der Waals surface area contributed by atoms with Gasteiger partial charge in [0.15, 0.2) is 0 Å². The maximum Gasteiger partial charge on any atom is 0.288 e. The minimum absolute atomic E-state index is 0.0528. The Kier molecular flexibility index (Phi) is 4.76. The molecule has 1 aromatic carbocycles. The number of hydrogen-bond acceptors (Lipinski definition) is 3. The highest BCUT2D eigenvalue weighted by Crippen LogP contribution is 2.30. The average Bonchev–Trinajstić information content (AvgIpc) is 2.86. The first kappa shape index (κ1) is 14.3. The van der Waals surface area contributed by atoms with E-state index >= 15 is 0 Å². The number of benzene rings is 1. The van der Waals surface area contributed by atoms with Crippen LogP contribution in [0.2, 0.25) is 0 Å². The van der Waals surface area contributed by atoms with E-state index in [-0.39, 0.29) is 18.4 Å². The number of carbonyl (C=O) groups excluding carboxylic acids is 1. The van der Waals surface area contributed by atoms with Crippen LogP contribution < -0.4 is 0 Å². The molecular weight excluding hydrogens is 272 g/mol. The van der Waals surface area contributed by atoms with Crippen LogP contribution >= 0.6 is 11.8 Å². The van der Waals surface area contributed by atoms with E-state index in [2.05, 4.69) is 0 Å². The van der Waals surface area contributed by atoms with Gasteiger partial charge in [0.2, 0.25) is 0 Å². The highest BCUT2D eigenvalue weighted by atomic mass is 32.2. The van der Waals surface area contributed by atoms with Gasteiger partial charge >= 0.3 is 0 Å². The van der Waals surface area contributed by atoms with Crippen molar-refractivity contribution in [1.82, 2.24) is 4.90 Å². The molecule has 1 fully saturated rings. The molecule has 1 aromatic rings. The van der Waals surface area contributed by atoms with Crippen molar-refractivity contribution < 1.29 is 18.7 Å². The fourth-order valence-corrected chi connectivity index (χ4v) is 2.81. The summed E-state index contributed by atoms with van der Waals surface area (Å²) in [6.07, 6.45) is 0.756. The summed E-state index contributed by atoms with van der Waals surface area (Å²) in [7, 11) is 0. The quantitative estimate of drug-likeness (QED) is 0.865. The van der Waals surface area contributed by atoms with Gasteiger partial charge in [0.1, 0.15) is 0 Å². The maximum atomic E-state index is 12.5. The fourth-order valence-electron chi connectivity index (χ4n) is 2.18. The zero-order valence-electron chi connectivity index (χ0n) is 10.3. The summed E-state index contributed by atoms with van der Waals surface area (Å²) in [5.74, 6) is -2.68. The topological polar surface area (TPSA) is 40.5 Å². The van der Waals surface area contributed by atoms with Crippen LogP contribution in [0.5, 0.6) is 0 Å². The van der Waals surface area contributed by atoms with Gasteiger partial charge in [-0.25, -0.2) is 0 Å². The van der Waals surface area contributed by atoms with Gasteiger partial charge in [0.25, 0.3) is 11.7 Å². The second-order valence-electron chi connectivity index (χ2n) is 4.46. The van der Waals surface area contributed by atoms with Crippen molar-refractivity contribution in [3.05, 3.63) is 29.8 Å². The van der Waals surface area contributed by atoms with Gasteiger partial charge in [-0.2, -0.15) is 8.78 Å². The Morgan fingerprint density at radius 2 is 2.21 bits per heavy atom. The molecule has 0 aliphatic carbocycles. The third-order valence-corrected chi connectivity index (χ3v) is 3.95. The Morgan fingerprint density at radius 1 is 1.47 bits per heavy atom. The van der Waals surface area contributed by atoms with Gasteiger partial charge in [0.05, 0.1) is 5.56 Å². The number of alkyl halides is 2. The number of halogens is 2. The lowest BCUT2D eigenvalue weighted by atomic mass is 10.1. The monoisotopic (exact) mass is 287 g/mol. The van der Waals surface area contributed by atoms with E-state index in [0.717, 1.165) is 6.42 Å². The molecule has 6 heteroatoms. The number of thioether (sulfide) groups is 1. The van der Waals surface area contributed by atoms with Gasteiger partial charge < -0.3 is 10.0 Å². The average molecular weight is 287 g/mol. The molecule has 0 bridgehead atoms. The van der Waals surface area contributed by atoms with Crippen LogP contribution in [0.25, 0.3) is 0 Å². The van der Waals surface area contributed by atoms with E-state index in [1.807, 2.05) is 0 Å². The van der Waals surface area contributed by atoms with E-state index in [1.165, 1.54) is 6.07 Å². The van der Waals surface area contributed by atoms with Gasteiger partial charge in [-0.15, -0.1) is 0 Å². The van der Waals surface area contributed by atoms with Crippen LogP contribution in [0.4, 0.5) is 8.78 Å². The molecule has 0 spiro atoms. The largest absolute Gasteiger partial charge is 0.396 e. The normalized spacial score (nSPS) is 19.2. The highest BCUT2D eigenvalue weighted by molar-refractivity contribution is 7.99. The van der Waals surface area contributed by atoms with Crippen molar-refractivity contribution in [2.24, 2.45) is 5.92 Å². The Morgan fingerprint density at radius 3 is 2.84 bits per heavy atom. The molecule has 0 aromatic heterocycles. The van der Waals surface area contributed by atoms with E-state index in [0.29, 0.717) is 35.3 Å². The first-order valence-corrected chi connectivity index (χ1v) is 6.93. The van der Waals surface area contributed by atoms with Gasteiger partial charge in [-0.05, 0) is 18.6 Å². The zero-order chi connectivity index (χ0) is 13.8. The Labute approximate surface area is 114 Å². The van der Waals surface area contributed by atoms with Gasteiger partial charge in [-0.3, -0.25) is 4.79 Å². The van der Waals surface area contributed by atoms with Crippen molar-refractivity contribution in [2.75, 3.05) is 19.7 Å². The van der Waals surface area contributed by atoms with Gasteiger partial charge in [-0.1, -0.05) is 23.9 Å². The molecule has 3 nitrogen and oxygen atoms in total. The number of likely N-dealkylation sites (tertiary alicyclic amines) is 1. The molecule has 104 valence electrons. The predicted octanol–water partition coefficient (Wildman–Crippen LogP) is 2.46. The summed E-state index contributed by atoms with van der Waals surface area (Å²) in [4.78, 5) is 14.2. The molecule has 1 heterocycles. The summed E-state index contributed by atoms with van der Waals surface area (Å²) in [6, 6.07) is 6.41. The zero-order valence-corrected chi connectivity index (χ0v) is 11.1. The van der Waals surface area contributed by atoms with Crippen LogP contribution in [0.15, 0.2) is 29.2 Å². The van der Waals surface area contributed by atoms with Crippen molar-refractivity contribution in [3.8, 4) is 0 Å². The molecular formula is C13H15F2NO2S. The number of amides is 1. The summed E-state index contributed by atoms with van der Waals surface area (Å²) in [5, 5.41) is 9.07. The third kappa shape index (κ3) is 3.45. The lowest BCUT2D eigenvalue weighted by Gasteiger charge is -2.18. The molecule has 0 saturated carbocycles. The van der Waals surface area contributed by atoms with Crippen LogP contribution in [0.3, 0.4) is 0 Å². The first-order chi connectivity index (χ1) is 9.11. The first-order valence-electron chi connectivity index (χ1n) is 6.05. The number of aliphatic hydroxyl groups is 1. The molecule has 1 saturated heterocycles. The second kappa shape index (κ2) is 6.34. The van der Waals surface area contributed by atoms with Crippen LogP contribution in [0.1, 0.15) is 16.8 Å². The van der Waals surface area contributed by atoms with Crippen molar-refractivity contribution >= 4 is 17.7 Å². The molecule has 1 amide bonds. The summed E-state index contributed by atoms with van der Waals surface area (Å²) < 4.78 is 24.9. The van der Waals surface area contributed by atoms with Crippen molar-refractivity contribution in [3.63, 3.8) is 0 Å². The standard InChI is InChI=1S/C13H15F2NO2S/c14-13(15)19-11-4-2-1-3-10(11)12(18)16-6-5-9(7-16)8-17/h1-4,9,13,17H,5-8H2. The third-order valence-electron chi connectivity index (χ3n) is 3.16. The minimum Gasteiger partial charge on any atom is -0.396 e. The predicted molar refractivity (Wildman–Crippen MR) is 69.4 cm³/mol.